The van der Waals surface area contributed by atoms with Gasteiger partial charge in [-0.2, -0.15) is 0 Å². The number of nitrogens with one attached hydrogen (secondary N) is 2. The summed E-state index contributed by atoms with van der Waals surface area (Å²) in [5, 5.41) is 9.06. The van der Waals surface area contributed by atoms with Crippen LogP contribution in [0.1, 0.15) is 29.3 Å². The van der Waals surface area contributed by atoms with Crippen LogP contribution in [0.25, 0.3) is 0 Å². The van der Waals surface area contributed by atoms with E-state index in [0.717, 1.165) is 24.6 Å². The lowest BCUT2D eigenvalue weighted by atomic mass is 9.88. The highest BCUT2D eigenvalue weighted by molar-refractivity contribution is 7.10. The van der Waals surface area contributed by atoms with Crippen LogP contribution in [0.15, 0.2) is 40.8 Å². The van der Waals surface area contributed by atoms with Crippen LogP contribution in [0.5, 0.6) is 5.88 Å². The second-order valence-electron chi connectivity index (χ2n) is 6.86. The van der Waals surface area contributed by atoms with Gasteiger partial charge in [-0.15, -0.1) is 11.3 Å². The second-order valence-corrected chi connectivity index (χ2v) is 7.84. The van der Waals surface area contributed by atoms with Gasteiger partial charge in [-0.1, -0.05) is 12.1 Å². The highest BCUT2D eigenvalue weighted by atomic mass is 32.1. The molecule has 1 aliphatic heterocycles. The molecule has 0 amide bonds. The molecule has 2 aromatic heterocycles. The zero-order chi connectivity index (χ0) is 19.1. The smallest absolute Gasteiger partial charge is 0.212 e. The molecule has 1 saturated heterocycles. The molecule has 7 heteroatoms. The molecule has 1 fully saturated rings. The maximum Gasteiger partial charge on any atom is 0.212 e. The van der Waals surface area contributed by atoms with E-state index in [1.165, 1.54) is 17.7 Å². The van der Waals surface area contributed by atoms with Gasteiger partial charge in [-0.3, -0.25) is 9.89 Å². The van der Waals surface area contributed by atoms with Gasteiger partial charge < -0.3 is 15.4 Å². The molecule has 146 valence electrons. The first-order chi connectivity index (χ1) is 13.2. The molecule has 0 spiro atoms. The van der Waals surface area contributed by atoms with E-state index in [1.807, 2.05) is 36.7 Å². The van der Waals surface area contributed by atoms with Gasteiger partial charge in [0, 0.05) is 43.3 Å². The van der Waals surface area contributed by atoms with E-state index in [9.17, 15) is 0 Å². The molecule has 27 heavy (non-hydrogen) atoms. The van der Waals surface area contributed by atoms with Crippen LogP contribution in [-0.2, 0) is 6.54 Å². The number of guanidine groups is 1. The largest absolute Gasteiger partial charge is 0.481 e. The fraction of sp³-hybridized carbons (Fsp3) is 0.500. The van der Waals surface area contributed by atoms with Gasteiger partial charge in [-0.05, 0) is 49.4 Å². The third-order valence-corrected chi connectivity index (χ3v) is 6.01. The molecular formula is C20H29N5OS. The second kappa shape index (κ2) is 9.71. The maximum atomic E-state index is 5.10. The summed E-state index contributed by atoms with van der Waals surface area (Å²) < 4.78 is 5.10. The molecule has 0 saturated carbocycles. The van der Waals surface area contributed by atoms with Crippen LogP contribution in [-0.4, -0.2) is 50.1 Å². The Morgan fingerprint density at radius 1 is 1.37 bits per heavy atom. The normalized spacial score (nSPS) is 21.1. The van der Waals surface area contributed by atoms with Gasteiger partial charge in [0.25, 0.3) is 0 Å². The number of hydrogen-bond donors (Lipinski definition) is 2. The number of nitrogens with zero attached hydrogens (tertiary/aromatic N) is 3. The third-order valence-electron chi connectivity index (χ3n) is 5.06. The topological polar surface area (TPSA) is 61.8 Å². The molecule has 0 aromatic carbocycles. The van der Waals surface area contributed by atoms with Crippen molar-refractivity contribution < 1.29 is 4.74 Å². The fourth-order valence-electron chi connectivity index (χ4n) is 3.65. The Labute approximate surface area is 165 Å². The number of ether oxygens (including phenoxy) is 1. The van der Waals surface area contributed by atoms with Gasteiger partial charge >= 0.3 is 0 Å². The highest BCUT2D eigenvalue weighted by Crippen LogP contribution is 2.36. The van der Waals surface area contributed by atoms with Gasteiger partial charge in [0.05, 0.1) is 7.11 Å². The first-order valence-corrected chi connectivity index (χ1v) is 10.3. The summed E-state index contributed by atoms with van der Waals surface area (Å²) in [6, 6.07) is 8.77. The minimum Gasteiger partial charge on any atom is -0.481 e. The van der Waals surface area contributed by atoms with E-state index in [2.05, 4.69) is 50.1 Å². The van der Waals surface area contributed by atoms with Crippen LogP contribution in [0.3, 0.4) is 0 Å². The summed E-state index contributed by atoms with van der Waals surface area (Å²) in [5.41, 5.74) is 1.09. The number of likely N-dealkylation sites (tertiary alicyclic amines) is 1. The lowest BCUT2D eigenvalue weighted by Crippen LogP contribution is -2.44. The molecule has 2 aromatic rings. The van der Waals surface area contributed by atoms with Crippen molar-refractivity contribution in [3.8, 4) is 5.88 Å². The molecular weight excluding hydrogens is 358 g/mol. The molecule has 2 unspecified atom stereocenters. The molecule has 3 rings (SSSR count). The molecule has 2 N–H and O–H groups in total. The average Bonchev–Trinajstić information content (AvgIpc) is 3.23. The fourth-order valence-corrected chi connectivity index (χ4v) is 4.64. The lowest BCUT2D eigenvalue weighted by Gasteiger charge is -2.39. The predicted octanol–water partition coefficient (Wildman–Crippen LogP) is 2.90. The molecule has 3 heterocycles. The van der Waals surface area contributed by atoms with E-state index in [-0.39, 0.29) is 0 Å². The highest BCUT2D eigenvalue weighted by Gasteiger charge is 2.31. The number of thiophene rings is 1. The molecule has 2 atom stereocenters. The SMILES string of the molecule is CN=C(NCc1ccc(OC)nc1)NCC1CCCN(C)C1c1cccs1. The Bertz CT molecular complexity index is 716. The van der Waals surface area contributed by atoms with E-state index < -0.39 is 0 Å². The minimum atomic E-state index is 0.482. The number of hydrogen-bond acceptors (Lipinski definition) is 5. The summed E-state index contributed by atoms with van der Waals surface area (Å²) >= 11 is 1.85. The Hall–Kier alpha value is -2.12. The number of aromatic nitrogens is 1. The number of pyridine rings is 1. The van der Waals surface area contributed by atoms with Gasteiger partial charge in [-0.25, -0.2) is 4.98 Å². The van der Waals surface area contributed by atoms with Crippen molar-refractivity contribution in [3.63, 3.8) is 0 Å². The van der Waals surface area contributed by atoms with E-state index >= 15 is 0 Å². The van der Waals surface area contributed by atoms with Crippen molar-refractivity contribution in [1.82, 2.24) is 20.5 Å². The molecule has 0 radical (unpaired) electrons. The minimum absolute atomic E-state index is 0.482. The quantitative estimate of drug-likeness (QED) is 0.589. The van der Waals surface area contributed by atoms with Crippen LogP contribution in [0, 0.1) is 5.92 Å². The Morgan fingerprint density at radius 2 is 2.26 bits per heavy atom. The Kier molecular flexibility index (Phi) is 7.06. The first kappa shape index (κ1) is 19.6. The molecule has 1 aliphatic rings. The number of piperidine rings is 1. The molecule has 0 bridgehead atoms. The zero-order valence-electron chi connectivity index (χ0n) is 16.3. The summed E-state index contributed by atoms with van der Waals surface area (Å²) in [4.78, 5) is 12.5. The van der Waals surface area contributed by atoms with Crippen LogP contribution in [0.2, 0.25) is 0 Å². The van der Waals surface area contributed by atoms with Crippen molar-refractivity contribution in [2.75, 3.05) is 34.3 Å². The number of aliphatic imine (C=N–C) groups is 1. The van der Waals surface area contributed by atoms with Crippen molar-refractivity contribution in [2.45, 2.75) is 25.4 Å². The van der Waals surface area contributed by atoms with Crippen LogP contribution in [0.4, 0.5) is 0 Å². The van der Waals surface area contributed by atoms with Gasteiger partial charge in [0.15, 0.2) is 5.96 Å². The van der Waals surface area contributed by atoms with E-state index in [0.29, 0.717) is 24.4 Å². The van der Waals surface area contributed by atoms with Crippen LogP contribution < -0.4 is 15.4 Å². The van der Waals surface area contributed by atoms with Crippen molar-refractivity contribution in [1.29, 1.82) is 0 Å². The van der Waals surface area contributed by atoms with Crippen LogP contribution >= 0.6 is 11.3 Å². The summed E-state index contributed by atoms with van der Waals surface area (Å²) in [7, 11) is 5.67. The van der Waals surface area contributed by atoms with Gasteiger partial charge in [0.2, 0.25) is 5.88 Å². The first-order valence-electron chi connectivity index (χ1n) is 9.38. The predicted molar refractivity (Wildman–Crippen MR) is 111 cm³/mol. The van der Waals surface area contributed by atoms with E-state index in [1.54, 1.807) is 7.11 Å². The lowest BCUT2D eigenvalue weighted by molar-refractivity contribution is 0.125. The zero-order valence-corrected chi connectivity index (χ0v) is 17.1. The van der Waals surface area contributed by atoms with Crippen molar-refractivity contribution in [2.24, 2.45) is 10.9 Å². The average molecular weight is 388 g/mol. The summed E-state index contributed by atoms with van der Waals surface area (Å²) in [5.74, 6) is 2.02. The maximum absolute atomic E-state index is 5.10. The molecule has 6 nitrogen and oxygen atoms in total. The Balaban J connectivity index is 1.54. The molecule has 0 aliphatic carbocycles. The third kappa shape index (κ3) is 5.20. The van der Waals surface area contributed by atoms with Gasteiger partial charge in [0.1, 0.15) is 0 Å². The monoisotopic (exact) mass is 387 g/mol. The van der Waals surface area contributed by atoms with Crippen molar-refractivity contribution >= 4 is 17.3 Å². The van der Waals surface area contributed by atoms with E-state index in [4.69, 9.17) is 4.74 Å². The summed E-state index contributed by atoms with van der Waals surface area (Å²) in [6.45, 7) is 2.75. The summed E-state index contributed by atoms with van der Waals surface area (Å²) in [6.07, 6.45) is 4.30. The number of methoxy groups -OCH3 is 1. The standard InChI is InChI=1S/C20H29N5OS/c1-21-20(23-13-15-8-9-18(26-3)22-12-15)24-14-16-6-4-10-25(2)19(16)17-7-5-11-27-17/h5,7-9,11-12,16,19H,4,6,10,13-14H2,1-3H3,(H2,21,23,24). The number of rotatable bonds is 6. The Morgan fingerprint density at radius 3 is 2.93 bits per heavy atom. The van der Waals surface area contributed by atoms with Crippen molar-refractivity contribution in [3.05, 3.63) is 46.3 Å².